The van der Waals surface area contributed by atoms with Crippen LogP contribution in [-0.4, -0.2) is 26.9 Å². The van der Waals surface area contributed by atoms with Crippen LogP contribution in [0.2, 0.25) is 0 Å². The normalized spacial score (nSPS) is 11.9. The lowest BCUT2D eigenvalue weighted by Gasteiger charge is -2.17. The molecule has 0 radical (unpaired) electrons. The Morgan fingerprint density at radius 1 is 1.40 bits per heavy atom. The van der Waals surface area contributed by atoms with Crippen LogP contribution >= 0.6 is 0 Å². The smallest absolute Gasteiger partial charge is 0.137 e. The highest BCUT2D eigenvalue weighted by molar-refractivity contribution is 5.47. The topological polar surface area (TPSA) is 46.8 Å². The van der Waals surface area contributed by atoms with Crippen molar-refractivity contribution in [2.24, 2.45) is 0 Å². The third-order valence-corrected chi connectivity index (χ3v) is 1.96. The summed E-state index contributed by atoms with van der Waals surface area (Å²) in [4.78, 5) is 0. The SMILES string of the molecule is CC(C)(O)COc1ccc2ccnn2c1. The van der Waals surface area contributed by atoms with Crippen LogP contribution in [0.1, 0.15) is 13.8 Å². The Morgan fingerprint density at radius 2 is 2.20 bits per heavy atom. The molecule has 0 amide bonds. The zero-order chi connectivity index (χ0) is 10.9. The molecule has 2 heterocycles. The number of aliphatic hydroxyl groups is 1. The molecule has 0 fully saturated rings. The molecule has 4 nitrogen and oxygen atoms in total. The Hall–Kier alpha value is -1.55. The first-order valence-corrected chi connectivity index (χ1v) is 4.83. The van der Waals surface area contributed by atoms with Gasteiger partial charge < -0.3 is 9.84 Å². The summed E-state index contributed by atoms with van der Waals surface area (Å²) in [5.74, 6) is 0.702. The zero-order valence-electron chi connectivity index (χ0n) is 8.84. The highest BCUT2D eigenvalue weighted by Crippen LogP contribution is 2.14. The average molecular weight is 206 g/mol. The van der Waals surface area contributed by atoms with E-state index in [0.29, 0.717) is 5.75 Å². The minimum Gasteiger partial charge on any atom is -0.489 e. The molecule has 0 saturated heterocycles. The van der Waals surface area contributed by atoms with Gasteiger partial charge in [0.15, 0.2) is 0 Å². The van der Waals surface area contributed by atoms with E-state index in [1.807, 2.05) is 18.2 Å². The number of rotatable bonds is 3. The molecule has 0 aromatic carbocycles. The van der Waals surface area contributed by atoms with Gasteiger partial charge in [0.2, 0.25) is 0 Å². The van der Waals surface area contributed by atoms with Crippen molar-refractivity contribution in [3.63, 3.8) is 0 Å². The van der Waals surface area contributed by atoms with E-state index >= 15 is 0 Å². The Morgan fingerprint density at radius 3 is 2.93 bits per heavy atom. The monoisotopic (exact) mass is 206 g/mol. The number of hydrogen-bond donors (Lipinski definition) is 1. The Labute approximate surface area is 88.1 Å². The van der Waals surface area contributed by atoms with E-state index in [2.05, 4.69) is 5.10 Å². The van der Waals surface area contributed by atoms with Crippen molar-refractivity contribution >= 4 is 5.52 Å². The number of ether oxygens (including phenoxy) is 1. The average Bonchev–Trinajstić information content (AvgIpc) is 2.60. The molecule has 0 bridgehead atoms. The summed E-state index contributed by atoms with van der Waals surface area (Å²) >= 11 is 0. The molecule has 0 atom stereocenters. The lowest BCUT2D eigenvalue weighted by Crippen LogP contribution is -2.27. The molecule has 0 spiro atoms. The van der Waals surface area contributed by atoms with Crippen LogP contribution < -0.4 is 4.74 Å². The van der Waals surface area contributed by atoms with Gasteiger partial charge in [0.25, 0.3) is 0 Å². The van der Waals surface area contributed by atoms with Gasteiger partial charge in [0, 0.05) is 6.20 Å². The highest BCUT2D eigenvalue weighted by Gasteiger charge is 2.13. The molecule has 0 aliphatic heterocycles. The molecule has 4 heteroatoms. The second-order valence-electron chi connectivity index (χ2n) is 4.17. The molecule has 2 aromatic rings. The number of fused-ring (bicyclic) bond motifs is 1. The van der Waals surface area contributed by atoms with Crippen LogP contribution in [0.3, 0.4) is 0 Å². The first-order chi connectivity index (χ1) is 7.04. The third-order valence-electron chi connectivity index (χ3n) is 1.96. The van der Waals surface area contributed by atoms with E-state index in [4.69, 9.17) is 4.74 Å². The number of nitrogens with zero attached hydrogens (tertiary/aromatic N) is 2. The quantitative estimate of drug-likeness (QED) is 0.827. The first kappa shape index (κ1) is 9.98. The fraction of sp³-hybridized carbons (Fsp3) is 0.364. The van der Waals surface area contributed by atoms with E-state index in [9.17, 15) is 5.11 Å². The summed E-state index contributed by atoms with van der Waals surface area (Å²) in [5, 5.41) is 13.6. The molecule has 15 heavy (non-hydrogen) atoms. The molecular weight excluding hydrogens is 192 g/mol. The molecule has 0 aliphatic carbocycles. The van der Waals surface area contributed by atoms with Crippen LogP contribution in [0.4, 0.5) is 0 Å². The molecular formula is C11H14N2O2. The van der Waals surface area contributed by atoms with E-state index < -0.39 is 5.60 Å². The predicted molar refractivity (Wildman–Crippen MR) is 57.0 cm³/mol. The minimum absolute atomic E-state index is 0.264. The second-order valence-corrected chi connectivity index (χ2v) is 4.17. The van der Waals surface area contributed by atoms with Crippen LogP contribution in [0.5, 0.6) is 5.75 Å². The van der Waals surface area contributed by atoms with E-state index in [1.54, 1.807) is 30.8 Å². The molecule has 0 saturated carbocycles. The standard InChI is InChI=1S/C11H14N2O2/c1-11(2,14)8-15-10-4-3-9-5-6-12-13(9)7-10/h3-7,14H,8H2,1-2H3. The lowest BCUT2D eigenvalue weighted by molar-refractivity contribution is 0.0283. The largest absolute Gasteiger partial charge is 0.489 e. The molecule has 2 rings (SSSR count). The summed E-state index contributed by atoms with van der Waals surface area (Å²) in [7, 11) is 0. The summed E-state index contributed by atoms with van der Waals surface area (Å²) < 4.78 is 7.17. The minimum atomic E-state index is -0.820. The van der Waals surface area contributed by atoms with Crippen molar-refractivity contribution in [2.45, 2.75) is 19.4 Å². The second kappa shape index (κ2) is 3.55. The maximum atomic E-state index is 9.50. The molecule has 0 unspecified atom stereocenters. The number of aromatic nitrogens is 2. The van der Waals surface area contributed by atoms with Crippen molar-refractivity contribution in [3.05, 3.63) is 30.6 Å². The molecule has 2 aromatic heterocycles. The van der Waals surface area contributed by atoms with Gasteiger partial charge in [-0.15, -0.1) is 0 Å². The maximum absolute atomic E-state index is 9.50. The first-order valence-electron chi connectivity index (χ1n) is 4.83. The maximum Gasteiger partial charge on any atom is 0.137 e. The number of pyridine rings is 1. The fourth-order valence-corrected chi connectivity index (χ4v) is 1.24. The fourth-order valence-electron chi connectivity index (χ4n) is 1.24. The van der Waals surface area contributed by atoms with Gasteiger partial charge in [0.05, 0.1) is 17.3 Å². The molecule has 80 valence electrons. The summed E-state index contributed by atoms with van der Waals surface area (Å²) in [5.41, 5.74) is 0.199. The van der Waals surface area contributed by atoms with Crippen LogP contribution in [0.25, 0.3) is 5.52 Å². The van der Waals surface area contributed by atoms with Crippen molar-refractivity contribution in [2.75, 3.05) is 6.61 Å². The van der Waals surface area contributed by atoms with Gasteiger partial charge >= 0.3 is 0 Å². The van der Waals surface area contributed by atoms with Gasteiger partial charge in [-0.3, -0.25) is 0 Å². The zero-order valence-corrected chi connectivity index (χ0v) is 8.84. The lowest BCUT2D eigenvalue weighted by atomic mass is 10.2. The van der Waals surface area contributed by atoms with Crippen molar-refractivity contribution < 1.29 is 9.84 Å². The predicted octanol–water partition coefficient (Wildman–Crippen LogP) is 1.48. The summed E-state index contributed by atoms with van der Waals surface area (Å²) in [6.07, 6.45) is 3.52. The summed E-state index contributed by atoms with van der Waals surface area (Å²) in [6, 6.07) is 5.70. The van der Waals surface area contributed by atoms with Crippen molar-refractivity contribution in [1.29, 1.82) is 0 Å². The van der Waals surface area contributed by atoms with Gasteiger partial charge in [-0.2, -0.15) is 5.10 Å². The van der Waals surface area contributed by atoms with Gasteiger partial charge in [-0.1, -0.05) is 0 Å². The summed E-state index contributed by atoms with van der Waals surface area (Å²) in [6.45, 7) is 3.68. The van der Waals surface area contributed by atoms with Gasteiger partial charge in [-0.25, -0.2) is 4.52 Å². The van der Waals surface area contributed by atoms with E-state index in [-0.39, 0.29) is 6.61 Å². The van der Waals surface area contributed by atoms with Crippen LogP contribution in [0, 0.1) is 0 Å². The Balaban J connectivity index is 2.15. The van der Waals surface area contributed by atoms with E-state index in [1.165, 1.54) is 0 Å². The number of hydrogen-bond acceptors (Lipinski definition) is 3. The Bertz CT molecular complexity index is 457. The van der Waals surface area contributed by atoms with Gasteiger partial charge in [-0.05, 0) is 32.0 Å². The Kier molecular flexibility index (Phi) is 2.36. The van der Waals surface area contributed by atoms with Crippen LogP contribution in [-0.2, 0) is 0 Å². The van der Waals surface area contributed by atoms with E-state index in [0.717, 1.165) is 5.52 Å². The van der Waals surface area contributed by atoms with Crippen molar-refractivity contribution in [1.82, 2.24) is 9.61 Å². The molecule has 0 aliphatic rings. The van der Waals surface area contributed by atoms with Gasteiger partial charge in [0.1, 0.15) is 12.4 Å². The highest BCUT2D eigenvalue weighted by atomic mass is 16.5. The molecule has 1 N–H and O–H groups in total. The van der Waals surface area contributed by atoms with Crippen molar-refractivity contribution in [3.8, 4) is 5.75 Å². The third kappa shape index (κ3) is 2.47. The van der Waals surface area contributed by atoms with Crippen LogP contribution in [0.15, 0.2) is 30.6 Å².